The zero-order valence-corrected chi connectivity index (χ0v) is 16.6. The third-order valence-corrected chi connectivity index (χ3v) is 6.78. The maximum atomic E-state index is 13.1. The van der Waals surface area contributed by atoms with Crippen LogP contribution in [0.15, 0.2) is 53.4 Å². The molecule has 1 atom stereocenters. The van der Waals surface area contributed by atoms with Gasteiger partial charge >= 0.3 is 6.18 Å². The number of hydrogen-bond acceptors (Lipinski definition) is 3. The summed E-state index contributed by atoms with van der Waals surface area (Å²) in [5, 5.41) is 2.33. The van der Waals surface area contributed by atoms with Gasteiger partial charge in [-0.2, -0.15) is 17.5 Å². The van der Waals surface area contributed by atoms with Crippen molar-refractivity contribution in [3.63, 3.8) is 0 Å². The van der Waals surface area contributed by atoms with E-state index in [-0.39, 0.29) is 23.7 Å². The highest BCUT2D eigenvalue weighted by atomic mass is 32.2. The van der Waals surface area contributed by atoms with Crippen LogP contribution >= 0.6 is 0 Å². The molecular weight excluding hydrogens is 405 g/mol. The third kappa shape index (κ3) is 4.79. The summed E-state index contributed by atoms with van der Waals surface area (Å²) in [6.07, 6.45) is -3.75. The Balaban J connectivity index is 1.76. The lowest BCUT2D eigenvalue weighted by molar-refractivity contribution is -0.137. The highest BCUT2D eigenvalue weighted by Gasteiger charge is 2.36. The van der Waals surface area contributed by atoms with Gasteiger partial charge in [-0.3, -0.25) is 4.79 Å². The molecule has 2 aromatic carbocycles. The fourth-order valence-electron chi connectivity index (χ4n) is 3.31. The van der Waals surface area contributed by atoms with Crippen LogP contribution in [-0.4, -0.2) is 31.7 Å². The summed E-state index contributed by atoms with van der Waals surface area (Å²) < 4.78 is 66.3. The first-order valence-corrected chi connectivity index (χ1v) is 10.6. The van der Waals surface area contributed by atoms with E-state index in [1.165, 1.54) is 34.6 Å². The maximum absolute atomic E-state index is 13.1. The standard InChI is InChI=1S/C20H21F3N2O3S/c1-14-8-10-16(11-9-14)29(27,28)25-12-4-5-15(13-25)19(26)24-18-7-3-2-6-17(18)20(21,22)23/h2-3,6-11,15H,4-5,12-13H2,1H3,(H,24,26)/t15-/m1/s1. The average Bonchev–Trinajstić information content (AvgIpc) is 2.68. The number of carbonyl (C=O) groups excluding carboxylic acids is 1. The van der Waals surface area contributed by atoms with Gasteiger partial charge in [-0.15, -0.1) is 0 Å². The van der Waals surface area contributed by atoms with E-state index in [0.29, 0.717) is 12.8 Å². The van der Waals surface area contributed by atoms with Crippen LogP contribution in [0, 0.1) is 12.8 Å². The smallest absolute Gasteiger partial charge is 0.325 e. The van der Waals surface area contributed by atoms with E-state index in [9.17, 15) is 26.4 Å². The second-order valence-electron chi connectivity index (χ2n) is 7.05. The number of carbonyl (C=O) groups is 1. The molecule has 0 spiro atoms. The Morgan fingerprint density at radius 1 is 1.10 bits per heavy atom. The van der Waals surface area contributed by atoms with Crippen LogP contribution in [0.2, 0.25) is 0 Å². The first kappa shape index (κ1) is 21.3. The van der Waals surface area contributed by atoms with Crippen molar-refractivity contribution in [1.29, 1.82) is 0 Å². The molecule has 0 radical (unpaired) electrons. The van der Waals surface area contributed by atoms with Crippen LogP contribution < -0.4 is 5.32 Å². The number of benzene rings is 2. The first-order chi connectivity index (χ1) is 13.6. The maximum Gasteiger partial charge on any atom is 0.418 e. The summed E-state index contributed by atoms with van der Waals surface area (Å²) in [7, 11) is -3.78. The lowest BCUT2D eigenvalue weighted by Crippen LogP contribution is -2.43. The van der Waals surface area contributed by atoms with Gasteiger partial charge in [-0.05, 0) is 44.0 Å². The Morgan fingerprint density at radius 3 is 2.41 bits per heavy atom. The quantitative estimate of drug-likeness (QED) is 0.802. The Morgan fingerprint density at radius 2 is 1.76 bits per heavy atom. The minimum Gasteiger partial charge on any atom is -0.325 e. The van der Waals surface area contributed by atoms with Crippen molar-refractivity contribution < 1.29 is 26.4 Å². The minimum absolute atomic E-state index is 0.0732. The van der Waals surface area contributed by atoms with Gasteiger partial charge in [0.1, 0.15) is 0 Å². The topological polar surface area (TPSA) is 66.5 Å². The van der Waals surface area contributed by atoms with Gasteiger partial charge in [-0.1, -0.05) is 29.8 Å². The number of piperidine rings is 1. The second kappa shape index (κ2) is 8.16. The molecule has 29 heavy (non-hydrogen) atoms. The molecular formula is C20H21F3N2O3S. The van der Waals surface area contributed by atoms with Crippen LogP contribution in [0.25, 0.3) is 0 Å². The van der Waals surface area contributed by atoms with Crippen LogP contribution in [0.4, 0.5) is 18.9 Å². The summed E-state index contributed by atoms with van der Waals surface area (Å²) in [6.45, 7) is 2.03. The molecule has 3 rings (SSSR count). The Hall–Kier alpha value is -2.39. The van der Waals surface area contributed by atoms with Crippen molar-refractivity contribution in [3.05, 3.63) is 59.7 Å². The summed E-state index contributed by atoms with van der Waals surface area (Å²) in [5.41, 5.74) is -0.347. The number of amides is 1. The molecule has 0 unspecified atom stereocenters. The minimum atomic E-state index is -4.60. The Kier molecular flexibility index (Phi) is 6.00. The SMILES string of the molecule is Cc1ccc(S(=O)(=O)N2CCC[C@@H](C(=O)Nc3ccccc3C(F)(F)F)C2)cc1. The molecule has 1 N–H and O–H groups in total. The number of anilines is 1. The molecule has 1 aliphatic rings. The van der Waals surface area contributed by atoms with E-state index in [0.717, 1.165) is 11.6 Å². The second-order valence-corrected chi connectivity index (χ2v) is 8.99. The fraction of sp³-hybridized carbons (Fsp3) is 0.350. The van der Waals surface area contributed by atoms with Crippen molar-refractivity contribution in [2.75, 3.05) is 18.4 Å². The van der Waals surface area contributed by atoms with Gasteiger partial charge < -0.3 is 5.32 Å². The molecule has 0 aromatic heterocycles. The molecule has 0 saturated carbocycles. The number of hydrogen-bond donors (Lipinski definition) is 1. The van der Waals surface area contributed by atoms with Crippen molar-refractivity contribution >= 4 is 21.6 Å². The van der Waals surface area contributed by atoms with Gasteiger partial charge in [0.15, 0.2) is 0 Å². The van der Waals surface area contributed by atoms with E-state index in [1.54, 1.807) is 12.1 Å². The molecule has 1 heterocycles. The molecule has 1 fully saturated rings. The van der Waals surface area contributed by atoms with Gasteiger partial charge in [0.05, 0.1) is 22.1 Å². The Bertz CT molecular complexity index is 989. The predicted octanol–water partition coefficient (Wildman–Crippen LogP) is 4.05. The lowest BCUT2D eigenvalue weighted by atomic mass is 9.98. The van der Waals surface area contributed by atoms with E-state index in [4.69, 9.17) is 0 Å². The molecule has 0 aliphatic carbocycles. The first-order valence-electron chi connectivity index (χ1n) is 9.13. The van der Waals surface area contributed by atoms with Gasteiger partial charge in [0.25, 0.3) is 0 Å². The van der Waals surface area contributed by atoms with E-state index >= 15 is 0 Å². The number of halogens is 3. The fourth-order valence-corrected chi connectivity index (χ4v) is 4.83. The van der Waals surface area contributed by atoms with Gasteiger partial charge in [0, 0.05) is 13.1 Å². The summed E-state index contributed by atoms with van der Waals surface area (Å²) in [6, 6.07) is 11.1. The van der Waals surface area contributed by atoms with Crippen molar-refractivity contribution in [2.45, 2.75) is 30.8 Å². The third-order valence-electron chi connectivity index (χ3n) is 4.90. The molecule has 9 heteroatoms. The number of nitrogens with one attached hydrogen (secondary N) is 1. The molecule has 156 valence electrons. The van der Waals surface area contributed by atoms with Crippen LogP contribution in [0.3, 0.4) is 0 Å². The normalized spacial score (nSPS) is 18.4. The predicted molar refractivity (Wildman–Crippen MR) is 103 cm³/mol. The molecule has 1 aliphatic heterocycles. The van der Waals surface area contributed by atoms with Gasteiger partial charge in [-0.25, -0.2) is 8.42 Å². The number of rotatable bonds is 4. The molecule has 0 bridgehead atoms. The highest BCUT2D eigenvalue weighted by molar-refractivity contribution is 7.89. The number of alkyl halides is 3. The number of para-hydroxylation sites is 1. The number of aryl methyl sites for hydroxylation is 1. The highest BCUT2D eigenvalue weighted by Crippen LogP contribution is 2.35. The zero-order valence-electron chi connectivity index (χ0n) is 15.7. The van der Waals surface area contributed by atoms with Crippen LogP contribution in [0.1, 0.15) is 24.0 Å². The van der Waals surface area contributed by atoms with Gasteiger partial charge in [0.2, 0.25) is 15.9 Å². The molecule has 2 aromatic rings. The van der Waals surface area contributed by atoms with Crippen molar-refractivity contribution in [1.82, 2.24) is 4.31 Å². The van der Waals surface area contributed by atoms with E-state index in [1.807, 2.05) is 6.92 Å². The molecule has 5 nitrogen and oxygen atoms in total. The monoisotopic (exact) mass is 426 g/mol. The molecule has 1 amide bonds. The summed E-state index contributed by atoms with van der Waals surface area (Å²) in [4.78, 5) is 12.7. The van der Waals surface area contributed by atoms with E-state index in [2.05, 4.69) is 5.32 Å². The molecule has 1 saturated heterocycles. The average molecular weight is 426 g/mol. The number of nitrogens with zero attached hydrogens (tertiary/aromatic N) is 1. The lowest BCUT2D eigenvalue weighted by Gasteiger charge is -2.31. The largest absolute Gasteiger partial charge is 0.418 e. The summed E-state index contributed by atoms with van der Waals surface area (Å²) >= 11 is 0. The Labute approximate surface area is 167 Å². The number of sulfonamides is 1. The van der Waals surface area contributed by atoms with Crippen molar-refractivity contribution in [2.24, 2.45) is 5.92 Å². The van der Waals surface area contributed by atoms with Crippen LogP contribution in [-0.2, 0) is 21.0 Å². The van der Waals surface area contributed by atoms with Crippen molar-refractivity contribution in [3.8, 4) is 0 Å². The summed E-state index contributed by atoms with van der Waals surface area (Å²) in [5.74, 6) is -1.35. The van der Waals surface area contributed by atoms with Crippen LogP contribution in [0.5, 0.6) is 0 Å². The van der Waals surface area contributed by atoms with E-state index < -0.39 is 33.6 Å². The zero-order chi connectivity index (χ0) is 21.2.